The first-order chi connectivity index (χ1) is 8.63. The van der Waals surface area contributed by atoms with Gasteiger partial charge in [0.05, 0.1) is 4.92 Å². The Kier molecular flexibility index (Phi) is 2.70. The third-order valence-corrected chi connectivity index (χ3v) is 3.98. The van der Waals surface area contributed by atoms with Gasteiger partial charge in [-0.25, -0.2) is 0 Å². The molecule has 7 nitrogen and oxygen atoms in total. The summed E-state index contributed by atoms with van der Waals surface area (Å²) in [5, 5.41) is 18.4. The smallest absolute Gasteiger partial charge is 0.330 e. The van der Waals surface area contributed by atoms with E-state index in [0.717, 1.165) is 19.6 Å². The molecule has 0 amide bonds. The molecular weight excluding hydrogens is 234 g/mol. The summed E-state index contributed by atoms with van der Waals surface area (Å²) in [7, 11) is 1.70. The molecular formula is C11H17N5O2. The average molecular weight is 251 g/mol. The summed E-state index contributed by atoms with van der Waals surface area (Å²) >= 11 is 0. The van der Waals surface area contributed by atoms with E-state index in [0.29, 0.717) is 17.8 Å². The second kappa shape index (κ2) is 4.24. The number of fused-ring (bicyclic) bond motifs is 3. The Labute approximate surface area is 105 Å². The number of piperidine rings is 3. The van der Waals surface area contributed by atoms with Crippen molar-refractivity contribution in [1.29, 1.82) is 0 Å². The van der Waals surface area contributed by atoms with E-state index in [1.165, 1.54) is 23.7 Å². The van der Waals surface area contributed by atoms with Gasteiger partial charge in [-0.05, 0) is 31.8 Å². The monoisotopic (exact) mass is 251 g/mol. The van der Waals surface area contributed by atoms with Crippen molar-refractivity contribution in [3.05, 3.63) is 16.3 Å². The van der Waals surface area contributed by atoms with E-state index in [-0.39, 0.29) is 10.6 Å². The quantitative estimate of drug-likeness (QED) is 0.636. The minimum Gasteiger partial charge on any atom is -0.359 e. The van der Waals surface area contributed by atoms with Crippen LogP contribution >= 0.6 is 0 Å². The van der Waals surface area contributed by atoms with Crippen molar-refractivity contribution in [3.8, 4) is 0 Å². The number of nitrogens with one attached hydrogen (secondary N) is 1. The predicted molar refractivity (Wildman–Crippen MR) is 66.4 cm³/mol. The predicted octanol–water partition coefficient (Wildman–Crippen LogP) is 0.834. The molecule has 1 atom stereocenters. The molecule has 1 aromatic heterocycles. The number of nitro groups is 1. The zero-order chi connectivity index (χ0) is 12.7. The summed E-state index contributed by atoms with van der Waals surface area (Å²) < 4.78 is 1.49. The molecule has 4 heterocycles. The second-order valence-electron chi connectivity index (χ2n) is 5.18. The Morgan fingerprint density at radius 3 is 2.78 bits per heavy atom. The van der Waals surface area contributed by atoms with Crippen molar-refractivity contribution in [1.82, 2.24) is 14.7 Å². The van der Waals surface area contributed by atoms with Gasteiger partial charge in [0.25, 0.3) is 0 Å². The van der Waals surface area contributed by atoms with Crippen LogP contribution in [0.3, 0.4) is 0 Å². The lowest BCUT2D eigenvalue weighted by Gasteiger charge is -2.44. The third kappa shape index (κ3) is 1.94. The van der Waals surface area contributed by atoms with E-state index in [1.807, 2.05) is 0 Å². The highest BCUT2D eigenvalue weighted by atomic mass is 16.6. The molecule has 4 rings (SSSR count). The molecule has 3 fully saturated rings. The molecule has 0 saturated carbocycles. The van der Waals surface area contributed by atoms with Gasteiger partial charge in [0, 0.05) is 19.6 Å². The zero-order valence-corrected chi connectivity index (χ0v) is 10.4. The molecule has 7 heteroatoms. The highest BCUT2D eigenvalue weighted by Gasteiger charge is 2.35. The number of hydrogen-bond donors (Lipinski definition) is 1. The average Bonchev–Trinajstić information content (AvgIpc) is 2.72. The maximum absolute atomic E-state index is 10.9. The topological polar surface area (TPSA) is 76.2 Å². The van der Waals surface area contributed by atoms with Crippen LogP contribution in [0.4, 0.5) is 11.5 Å². The molecule has 0 aromatic carbocycles. The standard InChI is InChI=1S/C11H17N5O2/c1-14-7-10(16(17)18)11(13-14)12-9-6-15-4-2-8(9)3-5-15/h7-9H,2-6H2,1H3,(H,12,13). The van der Waals surface area contributed by atoms with E-state index < -0.39 is 0 Å². The maximum atomic E-state index is 10.9. The Balaban J connectivity index is 1.78. The lowest BCUT2D eigenvalue weighted by atomic mass is 9.84. The van der Waals surface area contributed by atoms with Crippen LogP contribution in [0.1, 0.15) is 12.8 Å². The molecule has 3 aliphatic rings. The van der Waals surface area contributed by atoms with Crippen LogP contribution in [-0.2, 0) is 7.05 Å². The van der Waals surface area contributed by atoms with Gasteiger partial charge in [0.1, 0.15) is 6.20 Å². The first kappa shape index (κ1) is 11.5. The summed E-state index contributed by atoms with van der Waals surface area (Å²) in [5.41, 5.74) is 0.0638. The van der Waals surface area contributed by atoms with Gasteiger partial charge in [-0.1, -0.05) is 0 Å². The van der Waals surface area contributed by atoms with Crippen LogP contribution in [0.2, 0.25) is 0 Å². The zero-order valence-electron chi connectivity index (χ0n) is 10.4. The number of aromatic nitrogens is 2. The van der Waals surface area contributed by atoms with E-state index in [4.69, 9.17) is 0 Å². The van der Waals surface area contributed by atoms with Crippen molar-refractivity contribution >= 4 is 11.5 Å². The fraction of sp³-hybridized carbons (Fsp3) is 0.727. The summed E-state index contributed by atoms with van der Waals surface area (Å²) in [5.74, 6) is 1.03. The van der Waals surface area contributed by atoms with Gasteiger partial charge in [0.15, 0.2) is 0 Å². The van der Waals surface area contributed by atoms with Crippen molar-refractivity contribution in [2.75, 3.05) is 25.0 Å². The molecule has 3 saturated heterocycles. The second-order valence-corrected chi connectivity index (χ2v) is 5.18. The number of hydrogen-bond acceptors (Lipinski definition) is 5. The molecule has 0 aliphatic carbocycles. The highest BCUT2D eigenvalue weighted by molar-refractivity contribution is 5.55. The van der Waals surface area contributed by atoms with Crippen LogP contribution in [0.25, 0.3) is 0 Å². The molecule has 18 heavy (non-hydrogen) atoms. The fourth-order valence-corrected chi connectivity index (χ4v) is 3.02. The van der Waals surface area contributed by atoms with Gasteiger partial charge in [-0.3, -0.25) is 14.8 Å². The Morgan fingerprint density at radius 2 is 2.22 bits per heavy atom. The fourth-order valence-electron chi connectivity index (χ4n) is 3.02. The van der Waals surface area contributed by atoms with Crippen LogP contribution in [0.15, 0.2) is 6.20 Å². The Morgan fingerprint density at radius 1 is 1.50 bits per heavy atom. The minimum absolute atomic E-state index is 0.0638. The molecule has 2 bridgehead atoms. The van der Waals surface area contributed by atoms with Crippen molar-refractivity contribution in [2.45, 2.75) is 18.9 Å². The summed E-state index contributed by atoms with van der Waals surface area (Å²) in [4.78, 5) is 13.0. The number of nitrogens with zero attached hydrogens (tertiary/aromatic N) is 4. The lowest BCUT2D eigenvalue weighted by Crippen LogP contribution is -2.53. The van der Waals surface area contributed by atoms with Crippen molar-refractivity contribution < 1.29 is 4.92 Å². The van der Waals surface area contributed by atoms with Gasteiger partial charge < -0.3 is 10.2 Å². The number of aryl methyl sites for hydroxylation is 1. The van der Waals surface area contributed by atoms with Crippen LogP contribution in [0.5, 0.6) is 0 Å². The molecule has 3 aliphatic heterocycles. The Hall–Kier alpha value is -1.63. The van der Waals surface area contributed by atoms with Gasteiger partial charge in [-0.15, -0.1) is 5.10 Å². The van der Waals surface area contributed by atoms with Gasteiger partial charge in [-0.2, -0.15) is 0 Å². The van der Waals surface area contributed by atoms with E-state index in [1.54, 1.807) is 7.05 Å². The molecule has 1 aromatic rings. The van der Waals surface area contributed by atoms with Crippen molar-refractivity contribution in [2.24, 2.45) is 13.0 Å². The summed E-state index contributed by atoms with van der Waals surface area (Å²) in [6, 6.07) is 0.293. The molecule has 0 spiro atoms. The van der Waals surface area contributed by atoms with Crippen LogP contribution in [-0.4, -0.2) is 45.3 Å². The van der Waals surface area contributed by atoms with Gasteiger partial charge >= 0.3 is 5.69 Å². The van der Waals surface area contributed by atoms with Crippen LogP contribution < -0.4 is 5.32 Å². The number of rotatable bonds is 3. The summed E-state index contributed by atoms with van der Waals surface area (Å²) in [6.45, 7) is 3.29. The normalized spacial score (nSPS) is 30.4. The Bertz CT molecular complexity index is 464. The first-order valence-corrected chi connectivity index (χ1v) is 6.30. The molecule has 0 radical (unpaired) electrons. The molecule has 1 unspecified atom stereocenters. The van der Waals surface area contributed by atoms with Gasteiger partial charge in [0.2, 0.25) is 5.82 Å². The van der Waals surface area contributed by atoms with E-state index in [2.05, 4.69) is 15.3 Å². The SMILES string of the molecule is Cn1cc([N+](=O)[O-])c(NC2CN3CCC2CC3)n1. The van der Waals surface area contributed by atoms with Crippen molar-refractivity contribution in [3.63, 3.8) is 0 Å². The third-order valence-electron chi connectivity index (χ3n) is 3.98. The maximum Gasteiger partial charge on any atom is 0.330 e. The largest absolute Gasteiger partial charge is 0.359 e. The van der Waals surface area contributed by atoms with E-state index >= 15 is 0 Å². The highest BCUT2D eigenvalue weighted by Crippen LogP contribution is 2.31. The first-order valence-electron chi connectivity index (χ1n) is 6.30. The molecule has 98 valence electrons. The number of anilines is 1. The van der Waals surface area contributed by atoms with Crippen LogP contribution in [0, 0.1) is 16.0 Å². The molecule has 1 N–H and O–H groups in total. The van der Waals surface area contributed by atoms with E-state index in [9.17, 15) is 10.1 Å². The minimum atomic E-state index is -0.378. The lowest BCUT2D eigenvalue weighted by molar-refractivity contribution is -0.384. The summed E-state index contributed by atoms with van der Waals surface area (Å²) in [6.07, 6.45) is 3.81.